The summed E-state index contributed by atoms with van der Waals surface area (Å²) in [5.74, 6) is 0.776. The van der Waals surface area contributed by atoms with Crippen LogP contribution >= 0.6 is 0 Å². The average molecular weight is 236 g/mol. The lowest BCUT2D eigenvalue weighted by Crippen LogP contribution is -2.08. The standard InChI is InChI=1S/C13H16O4/c1-3-4-13(15)17-12-6-5-11(16-2)9-10(12)7-8-14/h5-6,8-9H,3-4,7H2,1-2H3. The monoisotopic (exact) mass is 236 g/mol. The lowest BCUT2D eigenvalue weighted by atomic mass is 10.1. The van der Waals surface area contributed by atoms with Crippen LogP contribution in [0.3, 0.4) is 0 Å². The van der Waals surface area contributed by atoms with Gasteiger partial charge < -0.3 is 14.3 Å². The largest absolute Gasteiger partial charge is 0.497 e. The number of esters is 1. The molecule has 0 aromatic heterocycles. The second-order valence-electron chi connectivity index (χ2n) is 3.57. The van der Waals surface area contributed by atoms with Gasteiger partial charge >= 0.3 is 5.97 Å². The second-order valence-corrected chi connectivity index (χ2v) is 3.57. The Balaban J connectivity index is 2.89. The molecule has 0 radical (unpaired) electrons. The lowest BCUT2D eigenvalue weighted by molar-refractivity contribution is -0.134. The van der Waals surface area contributed by atoms with Crippen molar-refractivity contribution in [2.45, 2.75) is 26.2 Å². The average Bonchev–Trinajstić information content (AvgIpc) is 2.32. The lowest BCUT2D eigenvalue weighted by Gasteiger charge is -2.09. The van der Waals surface area contributed by atoms with E-state index in [2.05, 4.69) is 0 Å². The van der Waals surface area contributed by atoms with Crippen LogP contribution in [0.2, 0.25) is 0 Å². The smallest absolute Gasteiger partial charge is 0.311 e. The minimum atomic E-state index is -0.287. The molecule has 17 heavy (non-hydrogen) atoms. The summed E-state index contributed by atoms with van der Waals surface area (Å²) < 4.78 is 10.2. The molecule has 1 aromatic rings. The number of aldehydes is 1. The summed E-state index contributed by atoms with van der Waals surface area (Å²) in [5.41, 5.74) is 0.656. The molecule has 0 heterocycles. The van der Waals surface area contributed by atoms with Crippen LogP contribution in [0, 0.1) is 0 Å². The molecule has 1 rings (SSSR count). The summed E-state index contributed by atoms with van der Waals surface area (Å²) >= 11 is 0. The molecule has 0 bridgehead atoms. The van der Waals surface area contributed by atoms with Gasteiger partial charge in [0.15, 0.2) is 0 Å². The number of methoxy groups -OCH3 is 1. The van der Waals surface area contributed by atoms with E-state index in [1.165, 1.54) is 0 Å². The van der Waals surface area contributed by atoms with E-state index >= 15 is 0 Å². The van der Waals surface area contributed by atoms with Crippen LogP contribution in [-0.2, 0) is 16.0 Å². The van der Waals surface area contributed by atoms with Crippen LogP contribution in [0.5, 0.6) is 11.5 Å². The first kappa shape index (κ1) is 13.2. The zero-order valence-electron chi connectivity index (χ0n) is 10.1. The van der Waals surface area contributed by atoms with Crippen molar-refractivity contribution in [3.63, 3.8) is 0 Å². The Morgan fingerprint density at radius 1 is 1.41 bits per heavy atom. The molecule has 4 nitrogen and oxygen atoms in total. The molecule has 0 fully saturated rings. The summed E-state index contributed by atoms with van der Waals surface area (Å²) in [6.07, 6.45) is 2.07. The van der Waals surface area contributed by atoms with Crippen molar-refractivity contribution in [1.29, 1.82) is 0 Å². The van der Waals surface area contributed by atoms with E-state index in [0.717, 1.165) is 12.7 Å². The van der Waals surface area contributed by atoms with Crippen LogP contribution in [0.1, 0.15) is 25.3 Å². The van der Waals surface area contributed by atoms with Crippen molar-refractivity contribution in [2.24, 2.45) is 0 Å². The molecule has 0 atom stereocenters. The van der Waals surface area contributed by atoms with Gasteiger partial charge in [-0.25, -0.2) is 0 Å². The van der Waals surface area contributed by atoms with Gasteiger partial charge in [-0.2, -0.15) is 0 Å². The number of benzene rings is 1. The molecule has 1 aromatic carbocycles. The van der Waals surface area contributed by atoms with Crippen LogP contribution < -0.4 is 9.47 Å². The molecule has 0 aliphatic rings. The van der Waals surface area contributed by atoms with Crippen molar-refractivity contribution >= 4 is 12.3 Å². The number of carbonyl (C=O) groups excluding carboxylic acids is 2. The summed E-state index contributed by atoms with van der Waals surface area (Å²) in [5, 5.41) is 0. The van der Waals surface area contributed by atoms with Crippen molar-refractivity contribution in [3.05, 3.63) is 23.8 Å². The van der Waals surface area contributed by atoms with Gasteiger partial charge in [-0.15, -0.1) is 0 Å². The molecule has 0 saturated carbocycles. The highest BCUT2D eigenvalue weighted by molar-refractivity contribution is 5.73. The fourth-order valence-electron chi connectivity index (χ4n) is 1.41. The quantitative estimate of drug-likeness (QED) is 0.431. The highest BCUT2D eigenvalue weighted by atomic mass is 16.5. The topological polar surface area (TPSA) is 52.6 Å². The maximum atomic E-state index is 11.4. The zero-order valence-corrected chi connectivity index (χ0v) is 10.1. The molecule has 0 unspecified atom stereocenters. The molecule has 4 heteroatoms. The maximum Gasteiger partial charge on any atom is 0.311 e. The van der Waals surface area contributed by atoms with Crippen LogP contribution in [-0.4, -0.2) is 19.4 Å². The number of ether oxygens (including phenoxy) is 2. The molecule has 0 N–H and O–H groups in total. The van der Waals surface area contributed by atoms with Crippen molar-refractivity contribution in [2.75, 3.05) is 7.11 Å². The third-order valence-electron chi connectivity index (χ3n) is 2.25. The summed E-state index contributed by atoms with van der Waals surface area (Å²) in [4.78, 5) is 21.9. The number of hydrogen-bond donors (Lipinski definition) is 0. The van der Waals surface area contributed by atoms with Gasteiger partial charge in [0.05, 0.1) is 7.11 Å². The Hall–Kier alpha value is -1.84. The van der Waals surface area contributed by atoms with Gasteiger partial charge in [0.1, 0.15) is 17.8 Å². The minimum absolute atomic E-state index is 0.200. The molecule has 0 aliphatic heterocycles. The molecule has 92 valence electrons. The third kappa shape index (κ3) is 3.90. The fraction of sp³-hybridized carbons (Fsp3) is 0.385. The van der Waals surface area contributed by atoms with Crippen LogP contribution in [0.25, 0.3) is 0 Å². The molecule has 0 saturated heterocycles. The van der Waals surface area contributed by atoms with E-state index in [4.69, 9.17) is 9.47 Å². The molecule has 0 spiro atoms. The Morgan fingerprint density at radius 3 is 2.76 bits per heavy atom. The summed E-state index contributed by atoms with van der Waals surface area (Å²) in [6, 6.07) is 5.04. The molecular weight excluding hydrogens is 220 g/mol. The number of carbonyl (C=O) groups is 2. The van der Waals surface area contributed by atoms with E-state index in [1.807, 2.05) is 6.92 Å². The van der Waals surface area contributed by atoms with Crippen molar-refractivity contribution < 1.29 is 19.1 Å². The van der Waals surface area contributed by atoms with Gasteiger partial charge in [0.25, 0.3) is 0 Å². The Bertz CT molecular complexity index is 398. The number of hydrogen-bond acceptors (Lipinski definition) is 4. The van der Waals surface area contributed by atoms with Gasteiger partial charge in [-0.1, -0.05) is 6.92 Å². The third-order valence-corrected chi connectivity index (χ3v) is 2.25. The second kappa shape index (κ2) is 6.68. The maximum absolute atomic E-state index is 11.4. The van der Waals surface area contributed by atoms with E-state index in [0.29, 0.717) is 23.5 Å². The molecule has 0 amide bonds. The normalized spacial score (nSPS) is 9.76. The number of rotatable bonds is 6. The summed E-state index contributed by atoms with van der Waals surface area (Å²) in [7, 11) is 1.54. The first-order chi connectivity index (χ1) is 8.21. The molecule has 0 aliphatic carbocycles. The highest BCUT2D eigenvalue weighted by Gasteiger charge is 2.09. The van der Waals surface area contributed by atoms with Crippen molar-refractivity contribution in [1.82, 2.24) is 0 Å². The predicted octanol–water partition coefficient (Wildman–Crippen LogP) is 2.14. The van der Waals surface area contributed by atoms with E-state index < -0.39 is 0 Å². The predicted molar refractivity (Wildman–Crippen MR) is 63.3 cm³/mol. The van der Waals surface area contributed by atoms with E-state index in [-0.39, 0.29) is 12.4 Å². The van der Waals surface area contributed by atoms with E-state index in [9.17, 15) is 9.59 Å². The SMILES string of the molecule is CCCC(=O)Oc1ccc(OC)cc1CC=O. The highest BCUT2D eigenvalue weighted by Crippen LogP contribution is 2.24. The minimum Gasteiger partial charge on any atom is -0.497 e. The van der Waals surface area contributed by atoms with Gasteiger partial charge in [0.2, 0.25) is 0 Å². The van der Waals surface area contributed by atoms with Crippen LogP contribution in [0.4, 0.5) is 0 Å². The summed E-state index contributed by atoms with van der Waals surface area (Å²) in [6.45, 7) is 1.90. The first-order valence-corrected chi connectivity index (χ1v) is 5.52. The van der Waals surface area contributed by atoms with Gasteiger partial charge in [-0.3, -0.25) is 4.79 Å². The Labute approximate surface area is 101 Å². The van der Waals surface area contributed by atoms with Crippen molar-refractivity contribution in [3.8, 4) is 11.5 Å². The van der Waals surface area contributed by atoms with Gasteiger partial charge in [-0.05, 0) is 24.6 Å². The Morgan fingerprint density at radius 2 is 2.18 bits per heavy atom. The molecular formula is C13H16O4. The fourth-order valence-corrected chi connectivity index (χ4v) is 1.41. The zero-order chi connectivity index (χ0) is 12.7. The van der Waals surface area contributed by atoms with E-state index in [1.54, 1.807) is 25.3 Å². The van der Waals surface area contributed by atoms with Crippen LogP contribution in [0.15, 0.2) is 18.2 Å². The Kier molecular flexibility index (Phi) is 5.20. The van der Waals surface area contributed by atoms with Gasteiger partial charge in [0, 0.05) is 18.4 Å². The first-order valence-electron chi connectivity index (χ1n) is 5.52.